The van der Waals surface area contributed by atoms with E-state index in [9.17, 15) is 14.4 Å². The van der Waals surface area contributed by atoms with Crippen LogP contribution in [0.1, 0.15) is 75.6 Å². The molecule has 3 N–H and O–H groups in total. The summed E-state index contributed by atoms with van der Waals surface area (Å²) >= 11 is 0. The number of methoxy groups -OCH3 is 1. The highest BCUT2D eigenvalue weighted by atomic mass is 16.5. The number of amides is 3. The molecule has 4 rings (SSSR count). The summed E-state index contributed by atoms with van der Waals surface area (Å²) in [6, 6.07) is 6.43. The number of carbonyl (C=O) groups is 3. The molecule has 3 amide bonds. The van der Waals surface area contributed by atoms with Crippen LogP contribution in [0.4, 0.5) is 0 Å². The van der Waals surface area contributed by atoms with Crippen LogP contribution >= 0.6 is 0 Å². The van der Waals surface area contributed by atoms with Gasteiger partial charge in [-0.15, -0.1) is 0 Å². The second kappa shape index (κ2) is 13.0. The molecule has 1 aromatic carbocycles. The number of benzene rings is 1. The van der Waals surface area contributed by atoms with Crippen LogP contribution in [0.25, 0.3) is 0 Å². The Morgan fingerprint density at radius 2 is 1.79 bits per heavy atom. The maximum absolute atomic E-state index is 13.7. The Balaban J connectivity index is 1.50. The van der Waals surface area contributed by atoms with Gasteiger partial charge in [0.2, 0.25) is 11.8 Å². The Bertz CT molecular complexity index is 971. The van der Waals surface area contributed by atoms with Crippen LogP contribution in [0.2, 0.25) is 0 Å². The van der Waals surface area contributed by atoms with Gasteiger partial charge < -0.3 is 25.6 Å². The summed E-state index contributed by atoms with van der Waals surface area (Å²) < 4.78 is 5.33. The van der Waals surface area contributed by atoms with Crippen LogP contribution in [-0.2, 0) is 9.59 Å². The SMILES string of the molecule is COc1cccc(C(=O)N2CCC(N(CC(C)C)C(=O)C3CC3)C[C@@H]2C(=O)NCC2CCC(CN)CC2)c1. The Labute approximate surface area is 227 Å². The first-order chi connectivity index (χ1) is 18.3. The van der Waals surface area contributed by atoms with Gasteiger partial charge in [-0.25, -0.2) is 0 Å². The minimum absolute atomic E-state index is 0.0457. The first-order valence-corrected chi connectivity index (χ1v) is 14.5. The van der Waals surface area contributed by atoms with E-state index in [0.717, 1.165) is 45.1 Å². The van der Waals surface area contributed by atoms with Crippen LogP contribution in [0.15, 0.2) is 24.3 Å². The fourth-order valence-electron chi connectivity index (χ4n) is 6.05. The third kappa shape index (κ3) is 7.07. The molecular weight excluding hydrogens is 480 g/mol. The zero-order valence-electron chi connectivity index (χ0n) is 23.4. The van der Waals surface area contributed by atoms with E-state index in [0.29, 0.717) is 61.5 Å². The molecule has 1 saturated heterocycles. The van der Waals surface area contributed by atoms with Crippen molar-refractivity contribution in [1.82, 2.24) is 15.1 Å². The van der Waals surface area contributed by atoms with Gasteiger partial charge in [0, 0.05) is 37.2 Å². The van der Waals surface area contributed by atoms with E-state index in [1.54, 1.807) is 36.3 Å². The van der Waals surface area contributed by atoms with Crippen LogP contribution < -0.4 is 15.8 Å². The summed E-state index contributed by atoms with van der Waals surface area (Å²) in [4.78, 5) is 44.3. The zero-order valence-corrected chi connectivity index (χ0v) is 23.4. The maximum atomic E-state index is 13.7. The molecule has 0 bridgehead atoms. The molecule has 38 heavy (non-hydrogen) atoms. The molecule has 0 radical (unpaired) electrons. The minimum Gasteiger partial charge on any atom is -0.497 e. The van der Waals surface area contributed by atoms with E-state index in [2.05, 4.69) is 19.2 Å². The van der Waals surface area contributed by atoms with Crippen molar-refractivity contribution < 1.29 is 19.1 Å². The van der Waals surface area contributed by atoms with E-state index >= 15 is 0 Å². The number of piperidine rings is 1. The maximum Gasteiger partial charge on any atom is 0.254 e. The van der Waals surface area contributed by atoms with Gasteiger partial charge in [0.1, 0.15) is 11.8 Å². The summed E-state index contributed by atoms with van der Waals surface area (Å²) in [5.41, 5.74) is 6.35. The Morgan fingerprint density at radius 3 is 2.42 bits per heavy atom. The summed E-state index contributed by atoms with van der Waals surface area (Å²) in [5.74, 6) is 2.03. The van der Waals surface area contributed by atoms with Crippen molar-refractivity contribution in [3.8, 4) is 5.75 Å². The van der Waals surface area contributed by atoms with Crippen molar-refractivity contribution in [3.05, 3.63) is 29.8 Å². The third-order valence-electron chi connectivity index (χ3n) is 8.53. The molecule has 0 spiro atoms. The van der Waals surface area contributed by atoms with Crippen LogP contribution in [0.5, 0.6) is 5.75 Å². The average molecular weight is 527 g/mol. The third-order valence-corrected chi connectivity index (χ3v) is 8.53. The predicted octanol–water partition coefficient (Wildman–Crippen LogP) is 3.44. The fraction of sp³-hybridized carbons (Fsp3) is 0.700. The van der Waals surface area contributed by atoms with Gasteiger partial charge >= 0.3 is 0 Å². The molecule has 3 fully saturated rings. The summed E-state index contributed by atoms with van der Waals surface area (Å²) in [5, 5.41) is 3.19. The van der Waals surface area contributed by atoms with Gasteiger partial charge in [-0.3, -0.25) is 14.4 Å². The minimum atomic E-state index is -0.616. The molecule has 8 heteroatoms. The second-order valence-electron chi connectivity index (χ2n) is 12.0. The van der Waals surface area contributed by atoms with Crippen LogP contribution in [0, 0.1) is 23.7 Å². The second-order valence-corrected chi connectivity index (χ2v) is 12.0. The van der Waals surface area contributed by atoms with Gasteiger partial charge in [0.15, 0.2) is 0 Å². The van der Waals surface area contributed by atoms with Gasteiger partial charge in [-0.05, 0) is 93.9 Å². The smallest absolute Gasteiger partial charge is 0.254 e. The topological polar surface area (TPSA) is 105 Å². The number of carbonyl (C=O) groups excluding carboxylic acids is 3. The molecule has 2 atom stereocenters. The van der Waals surface area contributed by atoms with Crippen molar-refractivity contribution in [3.63, 3.8) is 0 Å². The van der Waals surface area contributed by atoms with Crippen molar-refractivity contribution >= 4 is 17.7 Å². The number of rotatable bonds is 10. The van der Waals surface area contributed by atoms with Gasteiger partial charge in [-0.1, -0.05) is 19.9 Å². The number of nitrogens with two attached hydrogens (primary N) is 1. The molecule has 2 aliphatic carbocycles. The quantitative estimate of drug-likeness (QED) is 0.486. The molecule has 2 saturated carbocycles. The normalized spacial score (nSPS) is 25.7. The standard InChI is InChI=1S/C30H46N4O4/c1-20(2)19-34(29(36)23-11-12-23)25-13-14-33(30(37)24-5-4-6-26(15-24)38-3)27(16-25)28(35)32-18-22-9-7-21(17-31)8-10-22/h4-6,15,20-23,25,27H,7-14,16-19,31H2,1-3H3,(H,32,35)/t21?,22?,25?,27-/m1/s1. The average Bonchev–Trinajstić information content (AvgIpc) is 3.79. The monoisotopic (exact) mass is 526 g/mol. The van der Waals surface area contributed by atoms with E-state index < -0.39 is 6.04 Å². The largest absolute Gasteiger partial charge is 0.497 e. The van der Waals surface area contributed by atoms with Crippen molar-refractivity contribution in [2.75, 3.05) is 33.3 Å². The van der Waals surface area contributed by atoms with E-state index in [1.807, 2.05) is 4.90 Å². The predicted molar refractivity (Wildman–Crippen MR) is 148 cm³/mol. The lowest BCUT2D eigenvalue weighted by Crippen LogP contribution is -2.59. The number of ether oxygens (including phenoxy) is 1. The highest BCUT2D eigenvalue weighted by Crippen LogP contribution is 2.34. The van der Waals surface area contributed by atoms with Gasteiger partial charge in [0.25, 0.3) is 5.91 Å². The molecule has 0 aromatic heterocycles. The molecule has 3 aliphatic rings. The van der Waals surface area contributed by atoms with Gasteiger partial charge in [0.05, 0.1) is 7.11 Å². The van der Waals surface area contributed by atoms with Crippen molar-refractivity contribution in [2.24, 2.45) is 29.4 Å². The lowest BCUT2D eigenvalue weighted by Gasteiger charge is -2.43. The lowest BCUT2D eigenvalue weighted by molar-refractivity contribution is -0.139. The lowest BCUT2D eigenvalue weighted by atomic mass is 9.82. The fourth-order valence-corrected chi connectivity index (χ4v) is 6.05. The first kappa shape index (κ1) is 28.4. The Kier molecular flexibility index (Phi) is 9.69. The van der Waals surface area contributed by atoms with E-state index in [-0.39, 0.29) is 29.7 Å². The molecule has 210 valence electrons. The number of likely N-dealkylation sites (tertiary alicyclic amines) is 1. The van der Waals surface area contributed by atoms with E-state index in [4.69, 9.17) is 10.5 Å². The Hall–Kier alpha value is -2.61. The zero-order chi connectivity index (χ0) is 27.2. The molecule has 1 aromatic rings. The molecular formula is C30H46N4O4. The number of nitrogens with one attached hydrogen (secondary N) is 1. The van der Waals surface area contributed by atoms with Gasteiger partial charge in [-0.2, -0.15) is 0 Å². The van der Waals surface area contributed by atoms with E-state index in [1.165, 1.54) is 0 Å². The highest BCUT2D eigenvalue weighted by molar-refractivity contribution is 5.98. The number of hydrogen-bond donors (Lipinski definition) is 2. The molecule has 1 aliphatic heterocycles. The summed E-state index contributed by atoms with van der Waals surface area (Å²) in [6.45, 7) is 6.72. The molecule has 8 nitrogen and oxygen atoms in total. The first-order valence-electron chi connectivity index (χ1n) is 14.5. The molecule has 1 unspecified atom stereocenters. The highest BCUT2D eigenvalue weighted by Gasteiger charge is 2.42. The summed E-state index contributed by atoms with van der Waals surface area (Å²) in [7, 11) is 1.58. The number of hydrogen-bond acceptors (Lipinski definition) is 5. The van der Waals surface area contributed by atoms with Crippen LogP contribution in [0.3, 0.4) is 0 Å². The van der Waals surface area contributed by atoms with Crippen molar-refractivity contribution in [1.29, 1.82) is 0 Å². The Morgan fingerprint density at radius 1 is 1.08 bits per heavy atom. The van der Waals surface area contributed by atoms with Crippen LogP contribution in [-0.4, -0.2) is 72.9 Å². The molecule has 1 heterocycles. The summed E-state index contributed by atoms with van der Waals surface area (Å²) in [6.07, 6.45) is 7.40. The number of nitrogens with zero attached hydrogens (tertiary/aromatic N) is 2. The van der Waals surface area contributed by atoms with Crippen molar-refractivity contribution in [2.45, 2.75) is 77.3 Å².